The topological polar surface area (TPSA) is 117 Å². The van der Waals surface area contributed by atoms with E-state index in [1.165, 1.54) is 6.21 Å². The second kappa shape index (κ2) is 10.7. The van der Waals surface area contributed by atoms with Gasteiger partial charge in [0.15, 0.2) is 5.82 Å². The lowest BCUT2D eigenvalue weighted by atomic mass is 10.1. The van der Waals surface area contributed by atoms with Crippen molar-refractivity contribution in [1.29, 1.82) is 5.41 Å². The smallest absolute Gasteiger partial charge is 0.227 e. The maximum absolute atomic E-state index is 7.67. The van der Waals surface area contributed by atoms with Gasteiger partial charge in [-0.1, -0.05) is 6.07 Å². The molecule has 1 aliphatic heterocycles. The van der Waals surface area contributed by atoms with E-state index >= 15 is 0 Å². The minimum atomic E-state index is 0.314. The molecule has 9 heteroatoms. The average molecular weight is 448 g/mol. The predicted molar refractivity (Wildman–Crippen MR) is 132 cm³/mol. The van der Waals surface area contributed by atoms with Crippen molar-refractivity contribution >= 4 is 40.1 Å². The summed E-state index contributed by atoms with van der Waals surface area (Å²) in [6.45, 7) is 3.95. The van der Waals surface area contributed by atoms with Crippen molar-refractivity contribution in [2.45, 2.75) is 25.8 Å². The van der Waals surface area contributed by atoms with Crippen LogP contribution in [0.3, 0.4) is 0 Å². The molecule has 1 aromatic carbocycles. The Hall–Kier alpha value is -3.72. The van der Waals surface area contributed by atoms with Gasteiger partial charge < -0.3 is 30.8 Å². The van der Waals surface area contributed by atoms with Crippen LogP contribution in [0.25, 0.3) is 16.5 Å². The summed E-state index contributed by atoms with van der Waals surface area (Å²) in [5, 5.41) is 18.3. The number of pyridine rings is 1. The summed E-state index contributed by atoms with van der Waals surface area (Å²) in [6.07, 6.45) is 8.53. The SMILES string of the molecule is CCOc1cc(/C(C=N)=C/NC)ccc1Nc1ncc2ccnc(NC3CCOCC3)c2n1. The molecule has 1 aliphatic rings. The number of aromatic nitrogens is 3. The number of benzene rings is 1. The largest absolute Gasteiger partial charge is 0.492 e. The Labute approximate surface area is 193 Å². The molecule has 4 rings (SSSR count). The monoisotopic (exact) mass is 447 g/mol. The lowest BCUT2D eigenvalue weighted by Gasteiger charge is -2.24. The molecule has 0 saturated carbocycles. The molecule has 0 bridgehead atoms. The van der Waals surface area contributed by atoms with Crippen LogP contribution in [0, 0.1) is 5.41 Å². The van der Waals surface area contributed by atoms with Crippen molar-refractivity contribution in [2.75, 3.05) is 37.5 Å². The van der Waals surface area contributed by atoms with Gasteiger partial charge in [-0.3, -0.25) is 0 Å². The van der Waals surface area contributed by atoms with Gasteiger partial charge in [0, 0.05) is 62.1 Å². The van der Waals surface area contributed by atoms with Crippen LogP contribution < -0.4 is 20.7 Å². The first-order chi connectivity index (χ1) is 16.2. The second-order valence-electron chi connectivity index (χ2n) is 7.62. The van der Waals surface area contributed by atoms with Crippen LogP contribution in [0.15, 0.2) is 42.9 Å². The van der Waals surface area contributed by atoms with E-state index in [-0.39, 0.29) is 0 Å². The molecule has 3 heterocycles. The molecular formula is C24H29N7O2. The quantitative estimate of drug-likeness (QED) is 0.364. The third-order valence-electron chi connectivity index (χ3n) is 5.38. The molecule has 0 unspecified atom stereocenters. The molecule has 2 aromatic heterocycles. The number of fused-ring (bicyclic) bond motifs is 1. The number of nitrogens with one attached hydrogen (secondary N) is 4. The zero-order chi connectivity index (χ0) is 23.0. The standard InChI is InChI=1S/C24H29N7O2/c1-3-33-21-12-16(18(13-25)14-26-2)4-5-20(21)30-24-28-15-17-6-9-27-23(22(17)31-24)29-19-7-10-32-11-8-19/h4-6,9,12-15,19,25-26H,3,7-8,10-11H2,1-2H3,(H,27,29)(H,28,30,31)/b18-14+,25-13?. The first-order valence-electron chi connectivity index (χ1n) is 11.1. The lowest BCUT2D eigenvalue weighted by Crippen LogP contribution is -2.28. The highest BCUT2D eigenvalue weighted by atomic mass is 16.5. The van der Waals surface area contributed by atoms with Crippen molar-refractivity contribution in [3.05, 3.63) is 48.4 Å². The molecule has 1 fully saturated rings. The first kappa shape index (κ1) is 22.5. The Morgan fingerprint density at radius 1 is 1.24 bits per heavy atom. The number of hydrogen-bond acceptors (Lipinski definition) is 9. The van der Waals surface area contributed by atoms with E-state index in [0.29, 0.717) is 24.3 Å². The molecule has 0 atom stereocenters. The number of nitrogens with zero attached hydrogens (tertiary/aromatic N) is 3. The summed E-state index contributed by atoms with van der Waals surface area (Å²) < 4.78 is 11.3. The van der Waals surface area contributed by atoms with Crippen LogP contribution in [0.2, 0.25) is 0 Å². The highest BCUT2D eigenvalue weighted by Crippen LogP contribution is 2.31. The maximum Gasteiger partial charge on any atom is 0.227 e. The summed E-state index contributed by atoms with van der Waals surface area (Å²) in [6, 6.07) is 7.96. The number of rotatable bonds is 9. The normalized spacial score (nSPS) is 14.7. The van der Waals surface area contributed by atoms with Gasteiger partial charge in [0.2, 0.25) is 5.95 Å². The van der Waals surface area contributed by atoms with Gasteiger partial charge >= 0.3 is 0 Å². The van der Waals surface area contributed by atoms with E-state index in [1.54, 1.807) is 25.6 Å². The lowest BCUT2D eigenvalue weighted by molar-refractivity contribution is 0.0904. The third kappa shape index (κ3) is 5.38. The van der Waals surface area contributed by atoms with Crippen LogP contribution in [-0.4, -0.2) is 54.1 Å². The minimum Gasteiger partial charge on any atom is -0.492 e. The summed E-state index contributed by atoms with van der Waals surface area (Å²) in [4.78, 5) is 13.8. The van der Waals surface area contributed by atoms with Gasteiger partial charge in [0.05, 0.1) is 12.3 Å². The Kier molecular flexibility index (Phi) is 7.31. The van der Waals surface area contributed by atoms with Crippen molar-refractivity contribution in [2.24, 2.45) is 0 Å². The Bertz CT molecular complexity index is 1140. The molecule has 9 nitrogen and oxygen atoms in total. The van der Waals surface area contributed by atoms with E-state index in [9.17, 15) is 0 Å². The fourth-order valence-corrected chi connectivity index (χ4v) is 3.72. The van der Waals surface area contributed by atoms with Gasteiger partial charge in [0.25, 0.3) is 0 Å². The van der Waals surface area contributed by atoms with Gasteiger partial charge in [-0.15, -0.1) is 0 Å². The number of allylic oxidation sites excluding steroid dienone is 1. The van der Waals surface area contributed by atoms with Crippen LogP contribution in [0.1, 0.15) is 25.3 Å². The van der Waals surface area contributed by atoms with E-state index < -0.39 is 0 Å². The van der Waals surface area contributed by atoms with Crippen LogP contribution >= 0.6 is 0 Å². The first-order valence-corrected chi connectivity index (χ1v) is 11.1. The second-order valence-corrected chi connectivity index (χ2v) is 7.62. The summed E-state index contributed by atoms with van der Waals surface area (Å²) in [7, 11) is 1.81. The van der Waals surface area contributed by atoms with Gasteiger partial charge in [-0.2, -0.15) is 0 Å². The van der Waals surface area contributed by atoms with Gasteiger partial charge in [-0.05, 0) is 43.5 Å². The number of anilines is 3. The summed E-state index contributed by atoms with van der Waals surface area (Å²) in [5.74, 6) is 1.87. The molecule has 1 saturated heterocycles. The minimum absolute atomic E-state index is 0.314. The highest BCUT2D eigenvalue weighted by Gasteiger charge is 2.16. The van der Waals surface area contributed by atoms with Crippen LogP contribution in [0.4, 0.5) is 17.5 Å². The molecular weight excluding hydrogens is 418 g/mol. The summed E-state index contributed by atoms with van der Waals surface area (Å²) in [5.41, 5.74) is 3.14. The maximum atomic E-state index is 7.67. The van der Waals surface area contributed by atoms with Crippen molar-refractivity contribution in [3.63, 3.8) is 0 Å². The molecule has 0 spiro atoms. The zero-order valence-corrected chi connectivity index (χ0v) is 18.9. The van der Waals surface area contributed by atoms with E-state index in [4.69, 9.17) is 19.9 Å². The molecule has 4 N–H and O–H groups in total. The van der Waals surface area contributed by atoms with Gasteiger partial charge in [-0.25, -0.2) is 15.0 Å². The molecule has 0 amide bonds. The fourth-order valence-electron chi connectivity index (χ4n) is 3.72. The van der Waals surface area contributed by atoms with Crippen molar-refractivity contribution < 1.29 is 9.47 Å². The predicted octanol–water partition coefficient (Wildman–Crippen LogP) is 3.97. The molecule has 0 aliphatic carbocycles. The molecule has 3 aromatic rings. The van der Waals surface area contributed by atoms with E-state index in [0.717, 1.165) is 59.6 Å². The Balaban J connectivity index is 1.63. The highest BCUT2D eigenvalue weighted by molar-refractivity contribution is 6.08. The average Bonchev–Trinajstić information content (AvgIpc) is 2.85. The van der Waals surface area contributed by atoms with Crippen molar-refractivity contribution in [3.8, 4) is 5.75 Å². The Morgan fingerprint density at radius 2 is 2.09 bits per heavy atom. The van der Waals surface area contributed by atoms with Crippen LogP contribution in [-0.2, 0) is 4.74 Å². The Morgan fingerprint density at radius 3 is 2.85 bits per heavy atom. The van der Waals surface area contributed by atoms with E-state index in [1.807, 2.05) is 31.2 Å². The fraction of sp³-hybridized carbons (Fsp3) is 0.333. The number of hydrogen-bond donors (Lipinski definition) is 4. The molecule has 33 heavy (non-hydrogen) atoms. The van der Waals surface area contributed by atoms with Crippen LogP contribution in [0.5, 0.6) is 5.75 Å². The molecule has 0 radical (unpaired) electrons. The number of ether oxygens (including phenoxy) is 2. The zero-order valence-electron chi connectivity index (χ0n) is 18.9. The molecule has 172 valence electrons. The van der Waals surface area contributed by atoms with E-state index in [2.05, 4.69) is 25.9 Å². The summed E-state index contributed by atoms with van der Waals surface area (Å²) >= 11 is 0. The third-order valence-corrected chi connectivity index (χ3v) is 5.38. The van der Waals surface area contributed by atoms with Gasteiger partial charge in [0.1, 0.15) is 11.3 Å². The van der Waals surface area contributed by atoms with Crippen molar-refractivity contribution in [1.82, 2.24) is 20.3 Å².